The van der Waals surface area contributed by atoms with E-state index in [9.17, 15) is 5.11 Å². The molecule has 5 nitrogen and oxygen atoms in total. The number of nitrogens with one attached hydrogen (secondary N) is 1. The maximum absolute atomic E-state index is 9.64. The summed E-state index contributed by atoms with van der Waals surface area (Å²) in [4.78, 5) is 11.2. The summed E-state index contributed by atoms with van der Waals surface area (Å²) in [7, 11) is 0. The molecular formula is C19H24N4O. The highest BCUT2D eigenvalue weighted by atomic mass is 16.3. The minimum Gasteiger partial charge on any atom is -0.508 e. The lowest BCUT2D eigenvalue weighted by molar-refractivity contribution is 0.258. The van der Waals surface area contributed by atoms with Gasteiger partial charge in [0.2, 0.25) is 0 Å². The normalized spacial score (nSPS) is 19.5. The van der Waals surface area contributed by atoms with E-state index in [1.54, 1.807) is 18.2 Å². The van der Waals surface area contributed by atoms with Crippen molar-refractivity contribution in [2.45, 2.75) is 13.3 Å². The molecule has 2 N–H and O–H groups in total. The van der Waals surface area contributed by atoms with Gasteiger partial charge in [-0.25, -0.2) is 9.98 Å². The van der Waals surface area contributed by atoms with Crippen LogP contribution in [0, 0.1) is 0 Å². The number of piperazine rings is 1. The first kappa shape index (κ1) is 16.6. The van der Waals surface area contributed by atoms with Gasteiger partial charge in [0.05, 0.1) is 5.70 Å². The van der Waals surface area contributed by atoms with Crippen LogP contribution in [0.3, 0.4) is 0 Å². The van der Waals surface area contributed by atoms with Crippen molar-refractivity contribution in [1.29, 1.82) is 0 Å². The fraction of sp³-hybridized carbons (Fsp3) is 0.368. The Bertz CT molecular complexity index is 712. The second-order valence-electron chi connectivity index (χ2n) is 6.31. The highest BCUT2D eigenvalue weighted by Gasteiger charge is 2.17. The van der Waals surface area contributed by atoms with Crippen molar-refractivity contribution >= 4 is 12.6 Å². The molecule has 0 amide bonds. The molecule has 0 spiro atoms. The van der Waals surface area contributed by atoms with Crippen molar-refractivity contribution in [2.75, 3.05) is 32.7 Å². The van der Waals surface area contributed by atoms with E-state index in [-0.39, 0.29) is 5.75 Å². The van der Waals surface area contributed by atoms with Crippen molar-refractivity contribution in [3.05, 3.63) is 52.7 Å². The third kappa shape index (κ3) is 3.99. The Balaban J connectivity index is 1.76. The molecular weight excluding hydrogens is 300 g/mol. The van der Waals surface area contributed by atoms with E-state index in [2.05, 4.69) is 39.9 Å². The van der Waals surface area contributed by atoms with E-state index < -0.39 is 0 Å². The first-order valence-electron chi connectivity index (χ1n) is 8.33. The van der Waals surface area contributed by atoms with Crippen LogP contribution in [0.4, 0.5) is 0 Å². The summed E-state index contributed by atoms with van der Waals surface area (Å²) in [5.41, 5.74) is 4.38. The SMILES string of the molecule is C=NC(=NC1=C(C)CC(CN2CCNCC2)=C1)c1cccc(O)c1. The van der Waals surface area contributed by atoms with Crippen LogP contribution in [0.2, 0.25) is 0 Å². The minimum absolute atomic E-state index is 0.205. The first-order chi connectivity index (χ1) is 11.7. The first-order valence-corrected chi connectivity index (χ1v) is 8.33. The van der Waals surface area contributed by atoms with Crippen LogP contribution in [0.15, 0.2) is 57.2 Å². The number of hydrogen-bond donors (Lipinski definition) is 2. The summed E-state index contributed by atoms with van der Waals surface area (Å²) < 4.78 is 0. The molecule has 0 aromatic heterocycles. The molecule has 24 heavy (non-hydrogen) atoms. The van der Waals surface area contributed by atoms with E-state index in [0.29, 0.717) is 5.84 Å². The zero-order chi connectivity index (χ0) is 16.9. The molecule has 1 fully saturated rings. The number of benzene rings is 1. The number of amidine groups is 1. The standard InChI is InChI=1S/C19H24N4O/c1-14-10-15(13-23-8-6-21-7-9-23)11-18(14)22-19(20-2)16-4-3-5-17(24)12-16/h3-5,11-12,21,24H,2,6-10,13H2,1H3. The molecule has 5 heteroatoms. The molecule has 0 atom stereocenters. The number of rotatable bonds is 4. The van der Waals surface area contributed by atoms with E-state index in [4.69, 9.17) is 0 Å². The van der Waals surface area contributed by atoms with Crippen molar-refractivity contribution in [3.8, 4) is 5.75 Å². The Labute approximate surface area is 143 Å². The molecule has 1 aliphatic heterocycles. The van der Waals surface area contributed by atoms with Crippen molar-refractivity contribution in [2.24, 2.45) is 9.98 Å². The Morgan fingerprint density at radius 2 is 2.12 bits per heavy atom. The zero-order valence-corrected chi connectivity index (χ0v) is 14.1. The summed E-state index contributed by atoms with van der Waals surface area (Å²) in [6, 6.07) is 6.95. The monoisotopic (exact) mass is 324 g/mol. The second-order valence-corrected chi connectivity index (χ2v) is 6.31. The Hall–Kier alpha value is -2.24. The number of aromatic hydroxyl groups is 1. The van der Waals surface area contributed by atoms with Crippen LogP contribution in [0.1, 0.15) is 18.9 Å². The zero-order valence-electron chi connectivity index (χ0n) is 14.1. The van der Waals surface area contributed by atoms with Gasteiger partial charge in [-0.3, -0.25) is 4.90 Å². The summed E-state index contributed by atoms with van der Waals surface area (Å²) in [5, 5.41) is 13.0. The van der Waals surface area contributed by atoms with Crippen LogP contribution in [-0.2, 0) is 0 Å². The second kappa shape index (κ2) is 7.55. The van der Waals surface area contributed by atoms with Gasteiger partial charge >= 0.3 is 0 Å². The largest absolute Gasteiger partial charge is 0.508 e. The predicted octanol–water partition coefficient (Wildman–Crippen LogP) is 2.35. The molecule has 1 aromatic carbocycles. The average Bonchev–Trinajstić information content (AvgIpc) is 2.92. The van der Waals surface area contributed by atoms with Gasteiger partial charge < -0.3 is 10.4 Å². The topological polar surface area (TPSA) is 60.2 Å². The van der Waals surface area contributed by atoms with E-state index >= 15 is 0 Å². The van der Waals surface area contributed by atoms with Gasteiger partial charge in [-0.05, 0) is 49.4 Å². The fourth-order valence-electron chi connectivity index (χ4n) is 3.13. The number of hydrogen-bond acceptors (Lipinski definition) is 4. The Morgan fingerprint density at radius 3 is 2.83 bits per heavy atom. The number of phenols is 1. The van der Waals surface area contributed by atoms with Gasteiger partial charge in [0.1, 0.15) is 5.75 Å². The van der Waals surface area contributed by atoms with Gasteiger partial charge in [0, 0.05) is 38.3 Å². The van der Waals surface area contributed by atoms with Crippen molar-refractivity contribution in [1.82, 2.24) is 10.2 Å². The van der Waals surface area contributed by atoms with Gasteiger partial charge in [-0.1, -0.05) is 12.1 Å². The maximum atomic E-state index is 9.64. The molecule has 126 valence electrons. The molecule has 1 aliphatic carbocycles. The van der Waals surface area contributed by atoms with Gasteiger partial charge in [-0.15, -0.1) is 0 Å². The summed E-state index contributed by atoms with van der Waals surface area (Å²) in [5.74, 6) is 0.746. The van der Waals surface area contributed by atoms with E-state index in [0.717, 1.165) is 50.4 Å². The Kier molecular flexibility index (Phi) is 5.23. The summed E-state index contributed by atoms with van der Waals surface area (Å²) >= 11 is 0. The number of allylic oxidation sites excluding steroid dienone is 2. The summed E-state index contributed by atoms with van der Waals surface area (Å²) in [6.45, 7) is 11.1. The smallest absolute Gasteiger partial charge is 0.159 e. The lowest BCUT2D eigenvalue weighted by Gasteiger charge is -2.27. The maximum Gasteiger partial charge on any atom is 0.159 e. The van der Waals surface area contributed by atoms with Crippen molar-refractivity contribution in [3.63, 3.8) is 0 Å². The lowest BCUT2D eigenvalue weighted by Crippen LogP contribution is -2.44. The van der Waals surface area contributed by atoms with E-state index in [1.165, 1.54) is 11.1 Å². The van der Waals surface area contributed by atoms with Crippen LogP contribution in [0.25, 0.3) is 0 Å². The average molecular weight is 324 g/mol. The summed E-state index contributed by atoms with van der Waals surface area (Å²) in [6.07, 6.45) is 3.14. The predicted molar refractivity (Wildman–Crippen MR) is 98.9 cm³/mol. The van der Waals surface area contributed by atoms with Gasteiger partial charge in [0.15, 0.2) is 5.84 Å². The van der Waals surface area contributed by atoms with Gasteiger partial charge in [-0.2, -0.15) is 0 Å². The Morgan fingerprint density at radius 1 is 1.33 bits per heavy atom. The van der Waals surface area contributed by atoms with Crippen LogP contribution >= 0.6 is 0 Å². The molecule has 0 unspecified atom stereocenters. The highest BCUT2D eigenvalue weighted by Crippen LogP contribution is 2.27. The molecule has 3 rings (SSSR count). The highest BCUT2D eigenvalue weighted by molar-refractivity contribution is 6.02. The molecule has 1 heterocycles. The minimum atomic E-state index is 0.205. The van der Waals surface area contributed by atoms with Crippen molar-refractivity contribution < 1.29 is 5.11 Å². The third-order valence-corrected chi connectivity index (χ3v) is 4.39. The lowest BCUT2D eigenvalue weighted by atomic mass is 10.1. The van der Waals surface area contributed by atoms with Crippen LogP contribution in [-0.4, -0.2) is 55.3 Å². The van der Waals surface area contributed by atoms with Crippen LogP contribution in [0.5, 0.6) is 5.75 Å². The van der Waals surface area contributed by atoms with Gasteiger partial charge in [0.25, 0.3) is 0 Å². The molecule has 0 radical (unpaired) electrons. The fourth-order valence-corrected chi connectivity index (χ4v) is 3.13. The molecule has 1 aromatic rings. The number of aliphatic imine (C=N–C) groups is 2. The quantitative estimate of drug-likeness (QED) is 0.660. The van der Waals surface area contributed by atoms with Crippen LogP contribution < -0.4 is 5.32 Å². The number of phenolic OH excluding ortho intramolecular Hbond substituents is 1. The molecule has 1 saturated heterocycles. The molecule has 0 saturated carbocycles. The van der Waals surface area contributed by atoms with E-state index in [1.807, 2.05) is 6.07 Å². The third-order valence-electron chi connectivity index (χ3n) is 4.39. The number of nitrogens with zero attached hydrogens (tertiary/aromatic N) is 3. The molecule has 0 bridgehead atoms. The molecule has 2 aliphatic rings.